The molecule has 3 aromatic rings. The van der Waals surface area contributed by atoms with Gasteiger partial charge in [0.15, 0.2) is 5.49 Å². The van der Waals surface area contributed by atoms with Crippen LogP contribution in [0.25, 0.3) is 0 Å². The first kappa shape index (κ1) is 19.9. The standard InChI is InChI=1S/C21H13ClF3N3O2/c22-13-7-8-14(16(11-13)21(23,24)25)17-10-12-4-3-5-15(19(12)26-17)20(29)27-18-6-1-2-9-28(18)30/h1-9,11,30H,10H2. The molecule has 0 radical (unpaired) electrons. The second-order valence-electron chi connectivity index (χ2n) is 6.56. The first-order valence-electron chi connectivity index (χ1n) is 8.76. The first-order chi connectivity index (χ1) is 14.2. The molecule has 0 spiro atoms. The average Bonchev–Trinajstić information content (AvgIpc) is 3.13. The Morgan fingerprint density at radius 2 is 1.93 bits per heavy atom. The molecule has 30 heavy (non-hydrogen) atoms. The molecule has 4 rings (SSSR count). The van der Waals surface area contributed by atoms with Gasteiger partial charge < -0.3 is 5.21 Å². The van der Waals surface area contributed by atoms with E-state index in [1.165, 1.54) is 30.5 Å². The van der Waals surface area contributed by atoms with Gasteiger partial charge in [0.2, 0.25) is 0 Å². The van der Waals surface area contributed by atoms with Gasteiger partial charge in [0.25, 0.3) is 5.91 Å². The van der Waals surface area contributed by atoms with Crippen molar-refractivity contribution in [2.75, 3.05) is 0 Å². The van der Waals surface area contributed by atoms with Crippen LogP contribution in [0.2, 0.25) is 5.02 Å². The van der Waals surface area contributed by atoms with Crippen molar-refractivity contribution in [3.05, 3.63) is 93.6 Å². The molecule has 1 aliphatic heterocycles. The lowest BCUT2D eigenvalue weighted by atomic mass is 9.98. The zero-order valence-electron chi connectivity index (χ0n) is 15.2. The molecule has 9 heteroatoms. The van der Waals surface area contributed by atoms with Gasteiger partial charge in [-0.2, -0.15) is 22.9 Å². The Labute approximate surface area is 173 Å². The maximum atomic E-state index is 13.5. The minimum atomic E-state index is -4.60. The van der Waals surface area contributed by atoms with Crippen LogP contribution in [0, 0.1) is 0 Å². The Balaban J connectivity index is 1.79. The fourth-order valence-electron chi connectivity index (χ4n) is 3.23. The number of para-hydroxylation sites is 1. The Morgan fingerprint density at radius 3 is 2.67 bits per heavy atom. The number of aliphatic imine (C=N–C) groups is 1. The number of carbonyl (C=O) groups excluding carboxylic acids is 1. The minimum absolute atomic E-state index is 0.0133. The zero-order chi connectivity index (χ0) is 21.5. The predicted octanol–water partition coefficient (Wildman–Crippen LogP) is 4.82. The summed E-state index contributed by atoms with van der Waals surface area (Å²) in [6, 6.07) is 12.9. The number of benzene rings is 2. The highest BCUT2D eigenvalue weighted by atomic mass is 35.5. The number of fused-ring (bicyclic) bond motifs is 1. The third kappa shape index (κ3) is 3.73. The van der Waals surface area contributed by atoms with Crippen LogP contribution < -0.4 is 5.49 Å². The number of rotatable bonds is 2. The molecule has 5 nitrogen and oxygen atoms in total. The molecule has 1 N–H and O–H groups in total. The number of hydrogen-bond acceptors (Lipinski definition) is 3. The van der Waals surface area contributed by atoms with E-state index in [9.17, 15) is 23.2 Å². The maximum absolute atomic E-state index is 13.5. The van der Waals surface area contributed by atoms with Crippen LogP contribution in [0.5, 0.6) is 0 Å². The van der Waals surface area contributed by atoms with Crippen molar-refractivity contribution in [1.82, 2.24) is 4.73 Å². The lowest BCUT2D eigenvalue weighted by Crippen LogP contribution is -2.19. The molecule has 1 aliphatic rings. The van der Waals surface area contributed by atoms with Gasteiger partial charge >= 0.3 is 6.18 Å². The van der Waals surface area contributed by atoms with Gasteiger partial charge in [-0.15, -0.1) is 0 Å². The number of halogens is 4. The van der Waals surface area contributed by atoms with Crippen LogP contribution in [0.15, 0.2) is 70.8 Å². The van der Waals surface area contributed by atoms with E-state index < -0.39 is 17.6 Å². The van der Waals surface area contributed by atoms with E-state index in [-0.39, 0.29) is 39.5 Å². The monoisotopic (exact) mass is 431 g/mol. The normalized spacial score (nSPS) is 13.9. The van der Waals surface area contributed by atoms with Gasteiger partial charge in [0, 0.05) is 23.2 Å². The molecule has 0 unspecified atom stereocenters. The number of carbonyl (C=O) groups is 1. The lowest BCUT2D eigenvalue weighted by molar-refractivity contribution is -0.137. The number of hydrogen-bond donors (Lipinski definition) is 1. The van der Waals surface area contributed by atoms with E-state index in [0.29, 0.717) is 10.3 Å². The SMILES string of the molecule is O=C(N=c1ccccn1O)c1cccc2c1N=C(c1ccc(Cl)cc1C(F)(F)F)C2. The molecular formula is C21H13ClF3N3O2. The van der Waals surface area contributed by atoms with Crippen molar-refractivity contribution in [2.24, 2.45) is 9.98 Å². The Morgan fingerprint density at radius 1 is 1.13 bits per heavy atom. The maximum Gasteiger partial charge on any atom is 0.417 e. The molecule has 0 bridgehead atoms. The largest absolute Gasteiger partial charge is 0.427 e. The second-order valence-corrected chi connectivity index (χ2v) is 6.99. The summed E-state index contributed by atoms with van der Waals surface area (Å²) in [5.41, 5.74) is 0.239. The summed E-state index contributed by atoms with van der Waals surface area (Å²) in [5.74, 6) is -0.669. The lowest BCUT2D eigenvalue weighted by Gasteiger charge is -2.13. The molecular weight excluding hydrogens is 419 g/mol. The topological polar surface area (TPSA) is 67.0 Å². The van der Waals surface area contributed by atoms with E-state index in [1.807, 2.05) is 0 Å². The molecule has 2 heterocycles. The molecule has 0 fully saturated rings. The second kappa shape index (κ2) is 7.46. The van der Waals surface area contributed by atoms with Crippen LogP contribution in [0.1, 0.15) is 27.0 Å². The molecule has 0 aliphatic carbocycles. The van der Waals surface area contributed by atoms with Crippen molar-refractivity contribution in [1.29, 1.82) is 0 Å². The van der Waals surface area contributed by atoms with E-state index in [2.05, 4.69) is 9.98 Å². The predicted molar refractivity (Wildman–Crippen MR) is 104 cm³/mol. The number of nitrogens with zero attached hydrogens (tertiary/aromatic N) is 3. The summed E-state index contributed by atoms with van der Waals surface area (Å²) in [7, 11) is 0. The number of pyridine rings is 1. The molecule has 152 valence electrons. The van der Waals surface area contributed by atoms with Crippen molar-refractivity contribution in [2.45, 2.75) is 12.6 Å². The quantitative estimate of drug-likeness (QED) is 0.591. The van der Waals surface area contributed by atoms with E-state index in [1.54, 1.807) is 24.3 Å². The fourth-order valence-corrected chi connectivity index (χ4v) is 3.40. The Bertz CT molecular complexity index is 1260. The molecule has 0 saturated heterocycles. The van der Waals surface area contributed by atoms with Crippen LogP contribution in [0.3, 0.4) is 0 Å². The number of aromatic nitrogens is 1. The smallest absolute Gasteiger partial charge is 0.417 e. The molecule has 1 aromatic heterocycles. The fraction of sp³-hybridized carbons (Fsp3) is 0.0952. The summed E-state index contributed by atoms with van der Waals surface area (Å²) in [5, 5.41) is 9.71. The molecule has 0 saturated carbocycles. The van der Waals surface area contributed by atoms with Gasteiger partial charge in [-0.1, -0.05) is 35.9 Å². The van der Waals surface area contributed by atoms with E-state index in [4.69, 9.17) is 11.6 Å². The van der Waals surface area contributed by atoms with Crippen molar-refractivity contribution in [3.8, 4) is 0 Å². The van der Waals surface area contributed by atoms with Crippen LogP contribution >= 0.6 is 11.6 Å². The van der Waals surface area contributed by atoms with Gasteiger partial charge in [0.1, 0.15) is 0 Å². The Kier molecular flexibility index (Phi) is 4.95. The third-order valence-corrected chi connectivity index (χ3v) is 4.82. The van der Waals surface area contributed by atoms with Crippen molar-refractivity contribution >= 4 is 28.9 Å². The van der Waals surface area contributed by atoms with Gasteiger partial charge in [0.05, 0.1) is 22.5 Å². The summed E-state index contributed by atoms with van der Waals surface area (Å²) in [4.78, 5) is 20.9. The number of amides is 1. The summed E-state index contributed by atoms with van der Waals surface area (Å²) < 4.78 is 41.2. The molecule has 1 amide bonds. The minimum Gasteiger partial charge on any atom is -0.427 e. The molecule has 0 atom stereocenters. The first-order valence-corrected chi connectivity index (χ1v) is 9.14. The summed E-state index contributed by atoms with van der Waals surface area (Å²) >= 11 is 5.76. The van der Waals surface area contributed by atoms with E-state index in [0.717, 1.165) is 6.07 Å². The highest BCUT2D eigenvalue weighted by molar-refractivity contribution is 6.30. The van der Waals surface area contributed by atoms with Crippen LogP contribution in [-0.4, -0.2) is 21.6 Å². The third-order valence-electron chi connectivity index (χ3n) is 4.59. The van der Waals surface area contributed by atoms with Crippen LogP contribution in [-0.2, 0) is 12.6 Å². The van der Waals surface area contributed by atoms with Gasteiger partial charge in [-0.05, 0) is 35.9 Å². The van der Waals surface area contributed by atoms with Crippen molar-refractivity contribution in [3.63, 3.8) is 0 Å². The van der Waals surface area contributed by atoms with Gasteiger partial charge in [-0.25, -0.2) is 0 Å². The zero-order valence-corrected chi connectivity index (χ0v) is 15.9. The Hall–Kier alpha value is -3.39. The van der Waals surface area contributed by atoms with Crippen LogP contribution in [0.4, 0.5) is 18.9 Å². The highest BCUT2D eigenvalue weighted by Crippen LogP contribution is 2.38. The summed E-state index contributed by atoms with van der Waals surface area (Å²) in [6.45, 7) is 0. The summed E-state index contributed by atoms with van der Waals surface area (Å²) in [6.07, 6.45) is -3.16. The van der Waals surface area contributed by atoms with E-state index >= 15 is 0 Å². The van der Waals surface area contributed by atoms with Crippen molar-refractivity contribution < 1.29 is 23.2 Å². The van der Waals surface area contributed by atoms with Gasteiger partial charge in [-0.3, -0.25) is 9.79 Å². The average molecular weight is 432 g/mol. The highest BCUT2D eigenvalue weighted by Gasteiger charge is 2.36. The molecule has 2 aromatic carbocycles. The number of alkyl halides is 3.